The molecule has 160 valence electrons. The fourth-order valence-electron chi connectivity index (χ4n) is 3.70. The maximum absolute atomic E-state index is 13.4. The largest absolute Gasteiger partial charge is 0.339 e. The molecule has 0 unspecified atom stereocenters. The Bertz CT molecular complexity index is 1090. The third-order valence-corrected chi connectivity index (χ3v) is 5.38. The van der Waals surface area contributed by atoms with Gasteiger partial charge in [0, 0.05) is 22.7 Å². The first kappa shape index (κ1) is 20.9. The van der Waals surface area contributed by atoms with Crippen LogP contribution >= 0.6 is 0 Å². The van der Waals surface area contributed by atoms with Crippen molar-refractivity contribution in [2.75, 3.05) is 25.0 Å². The van der Waals surface area contributed by atoms with Crippen LogP contribution in [0.15, 0.2) is 53.1 Å². The van der Waals surface area contributed by atoms with Crippen molar-refractivity contribution in [3.8, 4) is 11.4 Å². The Labute approximate surface area is 179 Å². The van der Waals surface area contributed by atoms with Crippen LogP contribution in [0.5, 0.6) is 0 Å². The number of rotatable bonds is 6. The highest BCUT2D eigenvalue weighted by atomic mass is 19.1. The van der Waals surface area contributed by atoms with Crippen LogP contribution in [0, 0.1) is 5.82 Å². The second-order valence-electron chi connectivity index (χ2n) is 7.70. The van der Waals surface area contributed by atoms with Gasteiger partial charge in [-0.3, -0.25) is 14.5 Å². The summed E-state index contributed by atoms with van der Waals surface area (Å²) >= 11 is 0. The Hall–Kier alpha value is -3.39. The summed E-state index contributed by atoms with van der Waals surface area (Å²) in [5.74, 6) is 0.531. The Morgan fingerprint density at radius 2 is 1.94 bits per heavy atom. The molecule has 1 amide bonds. The molecule has 8 heteroatoms. The first-order valence-corrected chi connectivity index (χ1v) is 10.2. The van der Waals surface area contributed by atoms with E-state index in [2.05, 4.69) is 20.4 Å². The van der Waals surface area contributed by atoms with Gasteiger partial charge in [0.1, 0.15) is 5.82 Å². The number of likely N-dealkylation sites (tertiary alicyclic amines) is 1. The van der Waals surface area contributed by atoms with E-state index in [0.717, 1.165) is 25.9 Å². The maximum Gasteiger partial charge on any atom is 0.238 e. The molecule has 2 heterocycles. The third-order valence-electron chi connectivity index (χ3n) is 5.38. The number of anilines is 1. The molecule has 0 bridgehead atoms. The number of carbonyl (C=O) groups excluding carboxylic acids is 2. The van der Waals surface area contributed by atoms with Crippen LogP contribution in [0.2, 0.25) is 0 Å². The number of hydrogen-bond acceptors (Lipinski definition) is 6. The monoisotopic (exact) mass is 422 g/mol. The fraction of sp³-hybridized carbons (Fsp3) is 0.304. The molecule has 0 aliphatic carbocycles. The number of carbonyl (C=O) groups is 2. The van der Waals surface area contributed by atoms with Crippen LogP contribution in [0.1, 0.15) is 41.9 Å². The van der Waals surface area contributed by atoms with E-state index in [4.69, 9.17) is 4.52 Å². The molecule has 1 N–H and O–H groups in total. The summed E-state index contributed by atoms with van der Waals surface area (Å²) in [7, 11) is 0. The molecule has 1 aliphatic rings. The quantitative estimate of drug-likeness (QED) is 0.606. The highest BCUT2D eigenvalue weighted by Gasteiger charge is 2.26. The van der Waals surface area contributed by atoms with Crippen molar-refractivity contribution in [2.45, 2.75) is 25.7 Å². The fourth-order valence-corrected chi connectivity index (χ4v) is 3.70. The van der Waals surface area contributed by atoms with Crippen LogP contribution in [-0.4, -0.2) is 46.4 Å². The van der Waals surface area contributed by atoms with Gasteiger partial charge in [-0.25, -0.2) is 4.39 Å². The minimum Gasteiger partial charge on any atom is -0.339 e. The van der Waals surface area contributed by atoms with E-state index in [9.17, 15) is 14.0 Å². The average molecular weight is 422 g/mol. The molecule has 0 spiro atoms. The minimum atomic E-state index is -0.344. The topological polar surface area (TPSA) is 88.3 Å². The van der Waals surface area contributed by atoms with Gasteiger partial charge in [-0.2, -0.15) is 4.98 Å². The maximum atomic E-state index is 13.4. The number of aromatic nitrogens is 2. The molecule has 0 radical (unpaired) electrons. The number of nitrogens with zero attached hydrogens (tertiary/aromatic N) is 3. The van der Waals surface area contributed by atoms with Crippen LogP contribution in [0.4, 0.5) is 10.1 Å². The lowest BCUT2D eigenvalue weighted by atomic mass is 9.97. The number of nitrogens with one attached hydrogen (secondary N) is 1. The van der Waals surface area contributed by atoms with E-state index < -0.39 is 0 Å². The number of Topliss-reactive ketones (excluding diaryl/α,β-unsaturated/α-hetero) is 1. The lowest BCUT2D eigenvalue weighted by Gasteiger charge is -2.29. The highest BCUT2D eigenvalue weighted by Crippen LogP contribution is 2.28. The second-order valence-corrected chi connectivity index (χ2v) is 7.70. The van der Waals surface area contributed by atoms with Gasteiger partial charge in [0.05, 0.1) is 6.54 Å². The van der Waals surface area contributed by atoms with Gasteiger partial charge in [0.2, 0.25) is 17.6 Å². The molecule has 0 saturated carbocycles. The molecular formula is C23H23FN4O3. The summed E-state index contributed by atoms with van der Waals surface area (Å²) in [5, 5.41) is 6.83. The molecule has 1 saturated heterocycles. The summed E-state index contributed by atoms with van der Waals surface area (Å²) in [6.45, 7) is 3.22. The lowest BCUT2D eigenvalue weighted by molar-refractivity contribution is -0.117. The minimum absolute atomic E-state index is 0.0419. The van der Waals surface area contributed by atoms with Crippen LogP contribution < -0.4 is 5.32 Å². The second kappa shape index (κ2) is 9.18. The lowest BCUT2D eigenvalue weighted by Crippen LogP contribution is -2.38. The predicted octanol–water partition coefficient (Wildman–Crippen LogP) is 3.90. The standard InChI is InChI=1S/C23H23FN4O3/c1-15(29)17-4-3-7-20(13-17)25-21(30)14-28-10-8-16(9-11-28)23-26-22(27-31-23)18-5-2-6-19(24)12-18/h2-7,12-13,16H,8-11,14H2,1H3,(H,25,30). The van der Waals surface area contributed by atoms with Gasteiger partial charge in [-0.05, 0) is 57.1 Å². The van der Waals surface area contributed by atoms with E-state index in [1.165, 1.54) is 19.1 Å². The summed E-state index contributed by atoms with van der Waals surface area (Å²) in [4.78, 5) is 30.4. The number of piperidine rings is 1. The summed E-state index contributed by atoms with van der Waals surface area (Å²) in [5.41, 5.74) is 1.76. The summed E-state index contributed by atoms with van der Waals surface area (Å²) in [6, 6.07) is 13.0. The molecule has 7 nitrogen and oxygen atoms in total. The van der Waals surface area contributed by atoms with Gasteiger partial charge in [-0.15, -0.1) is 0 Å². The van der Waals surface area contributed by atoms with Gasteiger partial charge >= 0.3 is 0 Å². The molecule has 3 aromatic rings. The van der Waals surface area contributed by atoms with Crippen molar-refractivity contribution >= 4 is 17.4 Å². The van der Waals surface area contributed by atoms with E-state index >= 15 is 0 Å². The first-order valence-electron chi connectivity index (χ1n) is 10.2. The highest BCUT2D eigenvalue weighted by molar-refractivity contribution is 5.97. The molecule has 1 aromatic heterocycles. The molecule has 1 aliphatic heterocycles. The van der Waals surface area contributed by atoms with Gasteiger partial charge in [0.25, 0.3) is 0 Å². The molecular weight excluding hydrogens is 399 g/mol. The van der Waals surface area contributed by atoms with Crippen LogP contribution in [0.3, 0.4) is 0 Å². The van der Waals surface area contributed by atoms with E-state index in [1.54, 1.807) is 36.4 Å². The first-order chi connectivity index (χ1) is 15.0. The number of ketones is 1. The molecule has 0 atom stereocenters. The van der Waals surface area contributed by atoms with Crippen molar-refractivity contribution in [3.63, 3.8) is 0 Å². The molecule has 31 heavy (non-hydrogen) atoms. The van der Waals surface area contributed by atoms with Crippen LogP contribution in [0.25, 0.3) is 11.4 Å². The Balaban J connectivity index is 1.29. The SMILES string of the molecule is CC(=O)c1cccc(NC(=O)CN2CCC(c3nc(-c4cccc(F)c4)no3)CC2)c1. The van der Waals surface area contributed by atoms with Gasteiger partial charge < -0.3 is 9.84 Å². The zero-order valence-corrected chi connectivity index (χ0v) is 17.2. The molecule has 2 aromatic carbocycles. The number of amides is 1. The number of hydrogen-bond donors (Lipinski definition) is 1. The number of halogens is 1. The van der Waals surface area contributed by atoms with Crippen LogP contribution in [-0.2, 0) is 4.79 Å². The van der Waals surface area contributed by atoms with E-state index in [-0.39, 0.29) is 30.0 Å². The predicted molar refractivity (Wildman–Crippen MR) is 113 cm³/mol. The van der Waals surface area contributed by atoms with Crippen molar-refractivity contribution in [3.05, 3.63) is 65.8 Å². The Kier molecular flexibility index (Phi) is 6.18. The van der Waals surface area contributed by atoms with Crippen molar-refractivity contribution in [1.82, 2.24) is 15.0 Å². The molecule has 4 rings (SSSR count). The van der Waals surface area contributed by atoms with Gasteiger partial charge in [-0.1, -0.05) is 29.4 Å². The zero-order valence-electron chi connectivity index (χ0n) is 17.2. The normalized spacial score (nSPS) is 15.0. The van der Waals surface area contributed by atoms with Crippen molar-refractivity contribution in [1.29, 1.82) is 0 Å². The number of benzene rings is 2. The average Bonchev–Trinajstić information content (AvgIpc) is 3.25. The third kappa shape index (κ3) is 5.21. The Morgan fingerprint density at radius 3 is 2.68 bits per heavy atom. The molecule has 1 fully saturated rings. The van der Waals surface area contributed by atoms with E-state index in [1.807, 2.05) is 0 Å². The smallest absolute Gasteiger partial charge is 0.238 e. The van der Waals surface area contributed by atoms with Crippen molar-refractivity contribution < 1.29 is 18.5 Å². The summed E-state index contributed by atoms with van der Waals surface area (Å²) < 4.78 is 18.8. The van der Waals surface area contributed by atoms with E-state index in [0.29, 0.717) is 28.5 Å². The summed E-state index contributed by atoms with van der Waals surface area (Å²) in [6.07, 6.45) is 1.58. The van der Waals surface area contributed by atoms with Crippen molar-refractivity contribution in [2.24, 2.45) is 0 Å². The Morgan fingerprint density at radius 1 is 1.16 bits per heavy atom. The zero-order chi connectivity index (χ0) is 21.8. The van der Waals surface area contributed by atoms with Gasteiger partial charge in [0.15, 0.2) is 5.78 Å².